The van der Waals surface area contributed by atoms with E-state index in [1.54, 1.807) is 7.11 Å². The predicted octanol–water partition coefficient (Wildman–Crippen LogP) is 2.23. The second-order valence-corrected chi connectivity index (χ2v) is 5.58. The maximum atomic E-state index is 5.98. The third-order valence-corrected chi connectivity index (χ3v) is 4.29. The number of hydrogen-bond donors (Lipinski definition) is 1. The first-order chi connectivity index (χ1) is 9.24. The lowest BCUT2D eigenvalue weighted by Gasteiger charge is -2.29. The van der Waals surface area contributed by atoms with Crippen molar-refractivity contribution in [1.29, 1.82) is 0 Å². The zero-order chi connectivity index (χ0) is 13.7. The minimum absolute atomic E-state index is 0.390. The molecule has 1 aromatic carbocycles. The molecule has 0 saturated carbocycles. The Bertz CT molecular complexity index is 368. The predicted molar refractivity (Wildman–Crippen MR) is 79.3 cm³/mol. The van der Waals surface area contributed by atoms with Gasteiger partial charge in [-0.05, 0) is 24.3 Å². The average Bonchev–Trinajstić information content (AvgIpc) is 2.94. The highest BCUT2D eigenvalue weighted by Crippen LogP contribution is 2.24. The normalized spacial score (nSPS) is 23.4. The third-order valence-electron chi connectivity index (χ3n) is 4.29. The van der Waals surface area contributed by atoms with E-state index in [0.29, 0.717) is 18.1 Å². The monoisotopic (exact) mass is 262 g/mol. The largest absolute Gasteiger partial charge is 0.380 e. The summed E-state index contributed by atoms with van der Waals surface area (Å²) in [6.45, 7) is 5.16. The van der Waals surface area contributed by atoms with Crippen LogP contribution < -0.4 is 5.73 Å². The Morgan fingerprint density at radius 2 is 2.11 bits per heavy atom. The van der Waals surface area contributed by atoms with Crippen LogP contribution in [0.15, 0.2) is 30.3 Å². The van der Waals surface area contributed by atoms with Crippen molar-refractivity contribution < 1.29 is 4.74 Å². The van der Waals surface area contributed by atoms with Crippen LogP contribution in [0.4, 0.5) is 0 Å². The second kappa shape index (κ2) is 7.04. The van der Waals surface area contributed by atoms with Crippen molar-refractivity contribution in [2.75, 3.05) is 26.7 Å². The smallest absolute Gasteiger partial charge is 0.0710 e. The molecule has 0 aromatic heterocycles. The van der Waals surface area contributed by atoms with Crippen LogP contribution in [-0.4, -0.2) is 43.8 Å². The average molecular weight is 262 g/mol. The van der Waals surface area contributed by atoms with E-state index in [2.05, 4.69) is 42.2 Å². The Kier molecular flexibility index (Phi) is 5.37. The molecule has 19 heavy (non-hydrogen) atoms. The molecule has 0 amide bonds. The van der Waals surface area contributed by atoms with Gasteiger partial charge < -0.3 is 10.5 Å². The van der Waals surface area contributed by atoms with Gasteiger partial charge in [-0.2, -0.15) is 0 Å². The van der Waals surface area contributed by atoms with Gasteiger partial charge in [-0.25, -0.2) is 0 Å². The number of rotatable bonds is 6. The molecule has 3 heteroatoms. The standard InChI is InChI=1S/C16H26N2O/c1-13(14-6-4-3-5-7-14)10-15(11-17)18-9-8-16(12-18)19-2/h3-7,13,15-16H,8-12,17H2,1-2H3. The molecule has 2 rings (SSSR count). The van der Waals surface area contributed by atoms with Crippen LogP contribution in [0.3, 0.4) is 0 Å². The summed E-state index contributed by atoms with van der Waals surface area (Å²) in [5.74, 6) is 0.552. The summed E-state index contributed by atoms with van der Waals surface area (Å²) in [5.41, 5.74) is 7.39. The van der Waals surface area contributed by atoms with Gasteiger partial charge in [0.05, 0.1) is 6.10 Å². The molecule has 3 atom stereocenters. The SMILES string of the molecule is COC1CCN(C(CN)CC(C)c2ccccc2)C1. The van der Waals surface area contributed by atoms with Crippen LogP contribution in [0, 0.1) is 0 Å². The van der Waals surface area contributed by atoms with Gasteiger partial charge in [0.2, 0.25) is 0 Å². The van der Waals surface area contributed by atoms with Crippen LogP contribution in [-0.2, 0) is 4.74 Å². The number of nitrogens with two attached hydrogens (primary N) is 1. The van der Waals surface area contributed by atoms with Crippen molar-refractivity contribution in [1.82, 2.24) is 4.90 Å². The fourth-order valence-electron chi connectivity index (χ4n) is 3.00. The minimum Gasteiger partial charge on any atom is -0.380 e. The number of likely N-dealkylation sites (tertiary alicyclic amines) is 1. The second-order valence-electron chi connectivity index (χ2n) is 5.58. The number of hydrogen-bond acceptors (Lipinski definition) is 3. The first-order valence-corrected chi connectivity index (χ1v) is 7.26. The fourth-order valence-corrected chi connectivity index (χ4v) is 3.00. The molecule has 1 aliphatic rings. The van der Waals surface area contributed by atoms with Gasteiger partial charge in [-0.3, -0.25) is 4.90 Å². The van der Waals surface area contributed by atoms with E-state index in [1.807, 2.05) is 0 Å². The zero-order valence-electron chi connectivity index (χ0n) is 12.1. The lowest BCUT2D eigenvalue weighted by Crippen LogP contribution is -2.40. The van der Waals surface area contributed by atoms with Crippen molar-refractivity contribution in [3.05, 3.63) is 35.9 Å². The van der Waals surface area contributed by atoms with Gasteiger partial charge in [-0.15, -0.1) is 0 Å². The maximum Gasteiger partial charge on any atom is 0.0710 e. The van der Waals surface area contributed by atoms with Crippen molar-refractivity contribution >= 4 is 0 Å². The van der Waals surface area contributed by atoms with Gasteiger partial charge in [0.25, 0.3) is 0 Å². The molecule has 0 aliphatic carbocycles. The molecule has 0 radical (unpaired) electrons. The lowest BCUT2D eigenvalue weighted by molar-refractivity contribution is 0.0998. The zero-order valence-corrected chi connectivity index (χ0v) is 12.1. The van der Waals surface area contributed by atoms with Crippen molar-refractivity contribution in [3.63, 3.8) is 0 Å². The summed E-state index contributed by atoms with van der Waals surface area (Å²) >= 11 is 0. The van der Waals surface area contributed by atoms with E-state index < -0.39 is 0 Å². The Morgan fingerprint density at radius 1 is 1.37 bits per heavy atom. The maximum absolute atomic E-state index is 5.98. The van der Waals surface area contributed by atoms with Crippen LogP contribution in [0.5, 0.6) is 0 Å². The quantitative estimate of drug-likeness (QED) is 0.854. The van der Waals surface area contributed by atoms with Gasteiger partial charge in [0.15, 0.2) is 0 Å². The topological polar surface area (TPSA) is 38.5 Å². The molecule has 3 unspecified atom stereocenters. The highest BCUT2D eigenvalue weighted by atomic mass is 16.5. The Morgan fingerprint density at radius 3 is 2.68 bits per heavy atom. The lowest BCUT2D eigenvalue weighted by atomic mass is 9.93. The molecule has 2 N–H and O–H groups in total. The number of benzene rings is 1. The van der Waals surface area contributed by atoms with Crippen molar-refractivity contribution in [2.24, 2.45) is 5.73 Å². The first-order valence-electron chi connectivity index (χ1n) is 7.26. The van der Waals surface area contributed by atoms with Gasteiger partial charge in [-0.1, -0.05) is 37.3 Å². The van der Waals surface area contributed by atoms with Crippen LogP contribution in [0.2, 0.25) is 0 Å². The van der Waals surface area contributed by atoms with E-state index in [-0.39, 0.29) is 0 Å². The summed E-state index contributed by atoms with van der Waals surface area (Å²) in [5, 5.41) is 0. The summed E-state index contributed by atoms with van der Waals surface area (Å²) < 4.78 is 5.44. The molecule has 1 saturated heterocycles. The Labute approximate surface area is 116 Å². The third kappa shape index (κ3) is 3.78. The summed E-state index contributed by atoms with van der Waals surface area (Å²) in [6, 6.07) is 11.2. The Hall–Kier alpha value is -0.900. The molecule has 106 valence electrons. The summed E-state index contributed by atoms with van der Waals surface area (Å²) in [6.07, 6.45) is 2.64. The molecule has 3 nitrogen and oxygen atoms in total. The number of methoxy groups -OCH3 is 1. The molecule has 1 aliphatic heterocycles. The molecule has 1 aromatic rings. The molecule has 0 spiro atoms. The Balaban J connectivity index is 1.92. The van der Waals surface area contributed by atoms with Gasteiger partial charge in [0.1, 0.15) is 0 Å². The van der Waals surface area contributed by atoms with Crippen molar-refractivity contribution in [3.8, 4) is 0 Å². The van der Waals surface area contributed by atoms with Crippen LogP contribution >= 0.6 is 0 Å². The summed E-state index contributed by atoms with van der Waals surface area (Å²) in [7, 11) is 1.80. The van der Waals surface area contributed by atoms with E-state index in [1.165, 1.54) is 5.56 Å². The summed E-state index contributed by atoms with van der Waals surface area (Å²) in [4.78, 5) is 2.49. The highest BCUT2D eigenvalue weighted by Gasteiger charge is 2.28. The molecule has 0 bridgehead atoms. The van der Waals surface area contributed by atoms with Gasteiger partial charge in [0, 0.05) is 32.8 Å². The highest BCUT2D eigenvalue weighted by molar-refractivity contribution is 5.19. The molecular formula is C16H26N2O. The fraction of sp³-hybridized carbons (Fsp3) is 0.625. The van der Waals surface area contributed by atoms with E-state index in [9.17, 15) is 0 Å². The van der Waals surface area contributed by atoms with E-state index in [4.69, 9.17) is 10.5 Å². The first kappa shape index (κ1) is 14.5. The van der Waals surface area contributed by atoms with E-state index >= 15 is 0 Å². The number of nitrogens with zero attached hydrogens (tertiary/aromatic N) is 1. The molecular weight excluding hydrogens is 236 g/mol. The van der Waals surface area contributed by atoms with Crippen LogP contribution in [0.25, 0.3) is 0 Å². The minimum atomic E-state index is 0.390. The van der Waals surface area contributed by atoms with Gasteiger partial charge >= 0.3 is 0 Å². The molecule has 1 fully saturated rings. The van der Waals surface area contributed by atoms with Crippen LogP contribution in [0.1, 0.15) is 31.2 Å². The number of ether oxygens (including phenoxy) is 1. The van der Waals surface area contributed by atoms with E-state index in [0.717, 1.165) is 32.5 Å². The van der Waals surface area contributed by atoms with Crippen molar-refractivity contribution in [2.45, 2.75) is 37.8 Å². The molecule has 1 heterocycles.